The highest BCUT2D eigenvalue weighted by molar-refractivity contribution is 6.01. The largest absolute Gasteiger partial charge is 0.497 e. The molecule has 2 rings (SSSR count). The Bertz CT molecular complexity index is 775. The molecule has 0 radical (unpaired) electrons. The molecule has 0 atom stereocenters. The molecule has 2 aromatic rings. The summed E-state index contributed by atoms with van der Waals surface area (Å²) < 4.78 is 5.11. The lowest BCUT2D eigenvalue weighted by Gasteiger charge is -2.10. The minimum atomic E-state index is -0.256. The lowest BCUT2D eigenvalue weighted by atomic mass is 9.99. The average Bonchev–Trinajstić information content (AvgIpc) is 2.56. The van der Waals surface area contributed by atoms with Gasteiger partial charge in [-0.05, 0) is 37.6 Å². The van der Waals surface area contributed by atoms with Crippen LogP contribution < -0.4 is 15.8 Å². The first-order chi connectivity index (χ1) is 11.4. The van der Waals surface area contributed by atoms with Gasteiger partial charge in [-0.1, -0.05) is 17.7 Å². The summed E-state index contributed by atoms with van der Waals surface area (Å²) in [4.78, 5) is 24.4. The van der Waals surface area contributed by atoms with Crippen LogP contribution >= 0.6 is 12.4 Å². The zero-order valence-electron chi connectivity index (χ0n) is 14.6. The number of nitrogen functional groups attached to an aromatic ring is 1. The number of carbonyl (C=O) groups excluding carboxylic acids is 2. The molecule has 134 valence electrons. The number of hydrogen-bond donors (Lipinski definition) is 2. The number of amides is 1. The highest BCUT2D eigenvalue weighted by Crippen LogP contribution is 2.24. The predicted molar refractivity (Wildman–Crippen MR) is 103 cm³/mol. The van der Waals surface area contributed by atoms with Gasteiger partial charge in [0.15, 0.2) is 5.78 Å². The number of methoxy groups -OCH3 is 1. The average molecular weight is 363 g/mol. The highest BCUT2D eigenvalue weighted by Gasteiger charge is 2.13. The zero-order chi connectivity index (χ0) is 17.7. The van der Waals surface area contributed by atoms with Crippen LogP contribution in [0.1, 0.15) is 34.3 Å². The lowest BCUT2D eigenvalue weighted by molar-refractivity contribution is -0.116. The molecule has 25 heavy (non-hydrogen) atoms. The molecule has 3 N–H and O–H groups in total. The van der Waals surface area contributed by atoms with Gasteiger partial charge >= 0.3 is 0 Å². The molecular weight excluding hydrogens is 340 g/mol. The number of nitrogens with two attached hydrogens (primary N) is 1. The number of benzene rings is 2. The molecule has 0 heterocycles. The van der Waals surface area contributed by atoms with Crippen molar-refractivity contribution in [2.45, 2.75) is 26.7 Å². The van der Waals surface area contributed by atoms with Crippen molar-refractivity contribution in [1.29, 1.82) is 0 Å². The topological polar surface area (TPSA) is 81.4 Å². The Labute approximate surface area is 154 Å². The minimum absolute atomic E-state index is 0. The highest BCUT2D eigenvalue weighted by atomic mass is 35.5. The number of hydrogen-bond acceptors (Lipinski definition) is 4. The zero-order valence-corrected chi connectivity index (χ0v) is 15.4. The molecule has 0 aliphatic carbocycles. The maximum Gasteiger partial charge on any atom is 0.224 e. The number of halogens is 1. The molecule has 5 nitrogen and oxygen atoms in total. The molecule has 1 amide bonds. The van der Waals surface area contributed by atoms with E-state index >= 15 is 0 Å². The standard InChI is InChI=1S/C19H22N2O3.ClH/c1-12-4-5-13(2)15(10-12)18(22)8-9-19(23)21-17-11-14(24-3)6-7-16(17)20;/h4-7,10-11H,8-9,20H2,1-3H3,(H,21,23);1H. The van der Waals surface area contributed by atoms with Crippen LogP contribution in [0.5, 0.6) is 5.75 Å². The van der Waals surface area contributed by atoms with Crippen molar-refractivity contribution in [3.8, 4) is 5.75 Å². The van der Waals surface area contributed by atoms with Crippen LogP contribution in [0, 0.1) is 13.8 Å². The SMILES string of the molecule is COc1ccc(N)c(NC(=O)CCC(=O)c2cc(C)ccc2C)c1.Cl. The Kier molecular flexibility index (Phi) is 7.45. The third-order valence-corrected chi connectivity index (χ3v) is 3.81. The summed E-state index contributed by atoms with van der Waals surface area (Å²) in [5.74, 6) is 0.310. The maximum atomic E-state index is 12.3. The summed E-state index contributed by atoms with van der Waals surface area (Å²) in [7, 11) is 1.54. The molecule has 0 aromatic heterocycles. The lowest BCUT2D eigenvalue weighted by Crippen LogP contribution is -2.15. The second-order valence-corrected chi connectivity index (χ2v) is 5.74. The maximum absolute atomic E-state index is 12.3. The van der Waals surface area contributed by atoms with Crippen molar-refractivity contribution in [1.82, 2.24) is 0 Å². The molecule has 0 bridgehead atoms. The van der Waals surface area contributed by atoms with Crippen molar-refractivity contribution < 1.29 is 14.3 Å². The number of rotatable bonds is 6. The van der Waals surface area contributed by atoms with Crippen molar-refractivity contribution in [3.63, 3.8) is 0 Å². The van der Waals surface area contributed by atoms with E-state index < -0.39 is 0 Å². The van der Waals surface area contributed by atoms with E-state index in [2.05, 4.69) is 5.32 Å². The van der Waals surface area contributed by atoms with E-state index in [0.717, 1.165) is 11.1 Å². The summed E-state index contributed by atoms with van der Waals surface area (Å²) in [6.45, 7) is 3.83. The Balaban J connectivity index is 0.00000312. The fourth-order valence-corrected chi connectivity index (χ4v) is 2.38. The van der Waals surface area contributed by atoms with Crippen LogP contribution in [0.2, 0.25) is 0 Å². The number of aryl methyl sites for hydroxylation is 2. The first-order valence-corrected chi connectivity index (χ1v) is 7.74. The number of carbonyl (C=O) groups is 2. The number of ether oxygens (including phenoxy) is 1. The van der Waals surface area contributed by atoms with Gasteiger partial charge in [0.25, 0.3) is 0 Å². The molecule has 0 spiro atoms. The van der Waals surface area contributed by atoms with Gasteiger partial charge in [0.05, 0.1) is 18.5 Å². The summed E-state index contributed by atoms with van der Waals surface area (Å²) in [6.07, 6.45) is 0.253. The second kappa shape index (κ2) is 9.08. The normalized spacial score (nSPS) is 9.88. The van der Waals surface area contributed by atoms with E-state index in [1.807, 2.05) is 32.0 Å². The quantitative estimate of drug-likeness (QED) is 0.602. The summed E-state index contributed by atoms with van der Waals surface area (Å²) in [6, 6.07) is 10.8. The molecule has 6 heteroatoms. The second-order valence-electron chi connectivity index (χ2n) is 5.74. The van der Waals surface area contributed by atoms with E-state index in [4.69, 9.17) is 10.5 Å². The molecule has 2 aromatic carbocycles. The summed E-state index contributed by atoms with van der Waals surface area (Å²) >= 11 is 0. The number of Topliss-reactive ketones (excluding diaryl/α,β-unsaturated/α-hetero) is 1. The molecule has 0 saturated heterocycles. The van der Waals surface area contributed by atoms with Gasteiger partial charge in [0.2, 0.25) is 5.91 Å². The Hall–Kier alpha value is -2.53. The van der Waals surface area contributed by atoms with Crippen molar-refractivity contribution >= 4 is 35.5 Å². The van der Waals surface area contributed by atoms with Gasteiger partial charge < -0.3 is 15.8 Å². The Morgan fingerprint density at radius 3 is 2.48 bits per heavy atom. The fraction of sp³-hybridized carbons (Fsp3) is 0.263. The van der Waals surface area contributed by atoms with Gasteiger partial charge in [-0.15, -0.1) is 12.4 Å². The smallest absolute Gasteiger partial charge is 0.224 e. The molecule has 0 fully saturated rings. The van der Waals surface area contributed by atoms with Crippen LogP contribution in [0.15, 0.2) is 36.4 Å². The van der Waals surface area contributed by atoms with E-state index in [9.17, 15) is 9.59 Å². The van der Waals surface area contributed by atoms with Crippen molar-refractivity contribution in [3.05, 3.63) is 53.1 Å². The monoisotopic (exact) mass is 362 g/mol. The Morgan fingerprint density at radius 1 is 1.08 bits per heavy atom. The third-order valence-electron chi connectivity index (χ3n) is 3.81. The molecule has 0 unspecified atom stereocenters. The van der Waals surface area contributed by atoms with E-state index in [0.29, 0.717) is 22.7 Å². The summed E-state index contributed by atoms with van der Waals surface area (Å²) in [5.41, 5.74) is 9.39. The summed E-state index contributed by atoms with van der Waals surface area (Å²) in [5, 5.41) is 2.72. The van der Waals surface area contributed by atoms with Crippen molar-refractivity contribution in [2.75, 3.05) is 18.2 Å². The molecular formula is C19H23ClN2O3. The Morgan fingerprint density at radius 2 is 1.80 bits per heavy atom. The third kappa shape index (κ3) is 5.50. The van der Waals surface area contributed by atoms with Crippen LogP contribution in [-0.2, 0) is 4.79 Å². The van der Waals surface area contributed by atoms with Crippen molar-refractivity contribution in [2.24, 2.45) is 0 Å². The van der Waals surface area contributed by atoms with Gasteiger partial charge in [-0.2, -0.15) is 0 Å². The van der Waals surface area contributed by atoms with Gasteiger partial charge in [-0.25, -0.2) is 0 Å². The molecule has 0 aliphatic heterocycles. The molecule has 0 aliphatic rings. The van der Waals surface area contributed by atoms with Crippen LogP contribution in [0.3, 0.4) is 0 Å². The van der Waals surface area contributed by atoms with Crippen LogP contribution in [-0.4, -0.2) is 18.8 Å². The number of ketones is 1. The minimum Gasteiger partial charge on any atom is -0.497 e. The fourth-order valence-electron chi connectivity index (χ4n) is 2.38. The van der Waals surface area contributed by atoms with Gasteiger partial charge in [-0.3, -0.25) is 9.59 Å². The number of nitrogens with one attached hydrogen (secondary N) is 1. The van der Waals surface area contributed by atoms with E-state index in [1.54, 1.807) is 25.3 Å². The van der Waals surface area contributed by atoms with Gasteiger partial charge in [0.1, 0.15) is 5.75 Å². The van der Waals surface area contributed by atoms with Crippen LogP contribution in [0.4, 0.5) is 11.4 Å². The first-order valence-electron chi connectivity index (χ1n) is 7.74. The first kappa shape index (κ1) is 20.5. The van der Waals surface area contributed by atoms with Gasteiger partial charge in [0, 0.05) is 24.5 Å². The molecule has 0 saturated carbocycles. The number of anilines is 2. The predicted octanol–water partition coefficient (Wildman–Crippen LogP) is 3.92. The van der Waals surface area contributed by atoms with E-state index in [-0.39, 0.29) is 36.9 Å². The van der Waals surface area contributed by atoms with E-state index in [1.165, 1.54) is 0 Å². The van der Waals surface area contributed by atoms with Crippen LogP contribution in [0.25, 0.3) is 0 Å².